The second kappa shape index (κ2) is 10.4. The molecule has 2 atom stereocenters. The SMILES string of the molecule is CO[C@H](C)c1cc2cnc(Nc3ccc(N4CCNCC4)nn3)nc2c(N[C@H]2CCCOC2)n1. The second-order valence-corrected chi connectivity index (χ2v) is 8.60. The minimum absolute atomic E-state index is 0.144. The first kappa shape index (κ1) is 22.6. The van der Waals surface area contributed by atoms with Crippen molar-refractivity contribution in [3.63, 3.8) is 0 Å². The molecule has 0 aliphatic carbocycles. The van der Waals surface area contributed by atoms with E-state index in [9.17, 15) is 0 Å². The van der Waals surface area contributed by atoms with Gasteiger partial charge < -0.3 is 30.3 Å². The molecule has 0 amide bonds. The lowest BCUT2D eigenvalue weighted by Gasteiger charge is -2.27. The molecule has 3 N–H and O–H groups in total. The number of pyridine rings is 1. The Morgan fingerprint density at radius 2 is 2.09 bits per heavy atom. The number of piperazine rings is 1. The van der Waals surface area contributed by atoms with Gasteiger partial charge in [-0.1, -0.05) is 0 Å². The highest BCUT2D eigenvalue weighted by atomic mass is 16.5. The number of methoxy groups -OCH3 is 1. The summed E-state index contributed by atoms with van der Waals surface area (Å²) in [6.07, 6.45) is 3.70. The van der Waals surface area contributed by atoms with E-state index in [0.717, 1.165) is 68.0 Å². The summed E-state index contributed by atoms with van der Waals surface area (Å²) in [5.74, 6) is 2.61. The van der Waals surface area contributed by atoms with Crippen LogP contribution < -0.4 is 20.9 Å². The van der Waals surface area contributed by atoms with E-state index in [1.54, 1.807) is 13.3 Å². The Morgan fingerprint density at radius 3 is 2.82 bits per heavy atom. The van der Waals surface area contributed by atoms with E-state index in [4.69, 9.17) is 19.4 Å². The van der Waals surface area contributed by atoms with Crippen molar-refractivity contribution < 1.29 is 9.47 Å². The molecule has 2 saturated heterocycles. The first-order valence-electron chi connectivity index (χ1n) is 11.8. The second-order valence-electron chi connectivity index (χ2n) is 8.60. The highest BCUT2D eigenvalue weighted by Gasteiger charge is 2.19. The number of ether oxygens (including phenoxy) is 2. The van der Waals surface area contributed by atoms with Gasteiger partial charge >= 0.3 is 0 Å². The van der Waals surface area contributed by atoms with Crippen molar-refractivity contribution in [2.75, 3.05) is 62.0 Å². The van der Waals surface area contributed by atoms with Crippen molar-refractivity contribution in [2.24, 2.45) is 0 Å². The summed E-state index contributed by atoms with van der Waals surface area (Å²) >= 11 is 0. The standard InChI is InChI=1S/C23H31N9O2/c1-15(33-2)18-12-16-13-25-23(29-21(16)22(27-18)26-17-4-3-11-34-14-17)28-19-5-6-20(31-30-19)32-9-7-24-8-10-32/h5-6,12-13,15,17,24H,3-4,7-11,14H2,1-2H3,(H,26,27)(H,25,28,29,30)/t15-,17+/m1/s1. The van der Waals surface area contributed by atoms with Crippen LogP contribution in [-0.2, 0) is 9.47 Å². The van der Waals surface area contributed by atoms with Crippen LogP contribution in [0.4, 0.5) is 23.4 Å². The molecule has 3 aromatic heterocycles. The lowest BCUT2D eigenvalue weighted by Crippen LogP contribution is -2.43. The third kappa shape index (κ3) is 5.16. The van der Waals surface area contributed by atoms with Crippen LogP contribution in [0, 0.1) is 0 Å². The molecule has 3 aromatic rings. The van der Waals surface area contributed by atoms with Crippen molar-refractivity contribution in [1.82, 2.24) is 30.5 Å². The van der Waals surface area contributed by atoms with Crippen molar-refractivity contribution >= 4 is 34.3 Å². The molecule has 0 spiro atoms. The van der Waals surface area contributed by atoms with Gasteiger partial charge in [-0.3, -0.25) is 0 Å². The van der Waals surface area contributed by atoms with Crippen LogP contribution in [0.1, 0.15) is 31.6 Å². The number of anilines is 4. The van der Waals surface area contributed by atoms with Crippen molar-refractivity contribution in [3.05, 3.63) is 30.1 Å². The molecular weight excluding hydrogens is 434 g/mol. The molecule has 11 nitrogen and oxygen atoms in total. The molecule has 2 aliphatic heterocycles. The minimum Gasteiger partial charge on any atom is -0.379 e. The van der Waals surface area contributed by atoms with Crippen molar-refractivity contribution in [2.45, 2.75) is 31.9 Å². The van der Waals surface area contributed by atoms with E-state index in [2.05, 4.69) is 36.0 Å². The van der Waals surface area contributed by atoms with Gasteiger partial charge in [-0.2, -0.15) is 0 Å². The molecule has 180 valence electrons. The summed E-state index contributed by atoms with van der Waals surface area (Å²) < 4.78 is 11.1. The Labute approximate surface area is 198 Å². The van der Waals surface area contributed by atoms with E-state index in [1.807, 2.05) is 25.1 Å². The van der Waals surface area contributed by atoms with Crippen LogP contribution in [0.25, 0.3) is 10.9 Å². The monoisotopic (exact) mass is 465 g/mol. The fourth-order valence-corrected chi connectivity index (χ4v) is 4.17. The zero-order valence-corrected chi connectivity index (χ0v) is 19.6. The Hall–Kier alpha value is -3.15. The zero-order chi connectivity index (χ0) is 23.3. The summed E-state index contributed by atoms with van der Waals surface area (Å²) in [6.45, 7) is 7.18. The third-order valence-corrected chi connectivity index (χ3v) is 6.19. The van der Waals surface area contributed by atoms with Gasteiger partial charge in [0.25, 0.3) is 0 Å². The molecule has 34 heavy (non-hydrogen) atoms. The average Bonchev–Trinajstić information content (AvgIpc) is 2.90. The Balaban J connectivity index is 1.40. The molecule has 0 aromatic carbocycles. The predicted molar refractivity (Wildman–Crippen MR) is 131 cm³/mol. The Bertz CT molecular complexity index is 1100. The van der Waals surface area contributed by atoms with Gasteiger partial charge in [0.2, 0.25) is 5.95 Å². The maximum absolute atomic E-state index is 5.64. The number of hydrogen-bond donors (Lipinski definition) is 3. The van der Waals surface area contributed by atoms with Gasteiger partial charge in [-0.05, 0) is 38.0 Å². The lowest BCUT2D eigenvalue weighted by molar-refractivity contribution is 0.0875. The minimum atomic E-state index is -0.144. The molecule has 2 fully saturated rings. The zero-order valence-electron chi connectivity index (χ0n) is 19.6. The smallest absolute Gasteiger partial charge is 0.229 e. The fourth-order valence-electron chi connectivity index (χ4n) is 4.17. The van der Waals surface area contributed by atoms with Crippen LogP contribution in [-0.4, -0.2) is 77.7 Å². The van der Waals surface area contributed by atoms with Crippen LogP contribution in [0.2, 0.25) is 0 Å². The normalized spacial score (nSPS) is 19.7. The summed E-state index contributed by atoms with van der Waals surface area (Å²) in [7, 11) is 1.68. The van der Waals surface area contributed by atoms with Crippen LogP contribution in [0.3, 0.4) is 0 Å². The summed E-state index contributed by atoms with van der Waals surface area (Å²) in [6, 6.07) is 6.03. The maximum Gasteiger partial charge on any atom is 0.229 e. The molecule has 11 heteroatoms. The number of aromatic nitrogens is 5. The number of nitrogens with one attached hydrogen (secondary N) is 3. The third-order valence-electron chi connectivity index (χ3n) is 6.19. The van der Waals surface area contributed by atoms with Gasteiger partial charge in [-0.25, -0.2) is 15.0 Å². The number of hydrogen-bond acceptors (Lipinski definition) is 11. The van der Waals surface area contributed by atoms with Gasteiger partial charge in [-0.15, -0.1) is 10.2 Å². The lowest BCUT2D eigenvalue weighted by atomic mass is 10.1. The van der Waals surface area contributed by atoms with Crippen molar-refractivity contribution in [3.8, 4) is 0 Å². The first-order valence-corrected chi connectivity index (χ1v) is 11.8. The number of fused-ring (bicyclic) bond motifs is 1. The summed E-state index contributed by atoms with van der Waals surface area (Å²) in [4.78, 5) is 16.3. The maximum atomic E-state index is 5.64. The Kier molecular flexibility index (Phi) is 6.93. The molecule has 5 rings (SSSR count). The quantitative estimate of drug-likeness (QED) is 0.476. The van der Waals surface area contributed by atoms with Gasteiger partial charge in [0.15, 0.2) is 17.5 Å². The highest BCUT2D eigenvalue weighted by molar-refractivity contribution is 5.89. The molecule has 0 radical (unpaired) electrons. The number of nitrogens with zero attached hydrogens (tertiary/aromatic N) is 6. The van der Waals surface area contributed by atoms with Crippen LogP contribution in [0.5, 0.6) is 0 Å². The first-order chi connectivity index (χ1) is 16.7. The summed E-state index contributed by atoms with van der Waals surface area (Å²) in [5, 5.41) is 19.6. The van der Waals surface area contributed by atoms with E-state index >= 15 is 0 Å². The van der Waals surface area contributed by atoms with Crippen LogP contribution in [0.15, 0.2) is 24.4 Å². The average molecular weight is 466 g/mol. The fraction of sp³-hybridized carbons (Fsp3) is 0.522. The van der Waals surface area contributed by atoms with Gasteiger partial charge in [0.05, 0.1) is 24.4 Å². The highest BCUT2D eigenvalue weighted by Crippen LogP contribution is 2.27. The van der Waals surface area contributed by atoms with Crippen molar-refractivity contribution in [1.29, 1.82) is 0 Å². The Morgan fingerprint density at radius 1 is 1.21 bits per heavy atom. The topological polar surface area (TPSA) is 122 Å². The summed E-state index contributed by atoms with van der Waals surface area (Å²) in [5.41, 5.74) is 1.56. The number of rotatable bonds is 7. The molecule has 0 bridgehead atoms. The molecule has 2 aliphatic rings. The van der Waals surface area contributed by atoms with E-state index < -0.39 is 0 Å². The predicted octanol–water partition coefficient (Wildman–Crippen LogP) is 2.27. The van der Waals surface area contributed by atoms with Gasteiger partial charge in [0.1, 0.15) is 5.52 Å². The van der Waals surface area contributed by atoms with Crippen LogP contribution >= 0.6 is 0 Å². The molecule has 0 unspecified atom stereocenters. The van der Waals surface area contributed by atoms with E-state index in [-0.39, 0.29) is 12.1 Å². The van der Waals surface area contributed by atoms with E-state index in [1.165, 1.54) is 0 Å². The van der Waals surface area contributed by atoms with Gasteiger partial charge in [0, 0.05) is 51.5 Å². The molecular formula is C23H31N9O2. The van der Waals surface area contributed by atoms with E-state index in [0.29, 0.717) is 24.2 Å². The molecule has 5 heterocycles. The largest absolute Gasteiger partial charge is 0.379 e. The molecule has 0 saturated carbocycles.